The third kappa shape index (κ3) is 5.31. The van der Waals surface area contributed by atoms with Gasteiger partial charge in [-0.2, -0.15) is 0 Å². The highest BCUT2D eigenvalue weighted by molar-refractivity contribution is 5.91. The Balaban J connectivity index is 2.05. The first kappa shape index (κ1) is 19.9. The topological polar surface area (TPSA) is 69.7 Å². The van der Waals surface area contributed by atoms with Gasteiger partial charge in [0, 0.05) is 33.5 Å². The van der Waals surface area contributed by atoms with Crippen molar-refractivity contribution < 1.29 is 14.4 Å². The van der Waals surface area contributed by atoms with Gasteiger partial charge in [-0.25, -0.2) is 0 Å². The van der Waals surface area contributed by atoms with E-state index in [0.29, 0.717) is 6.42 Å². The van der Waals surface area contributed by atoms with Crippen molar-refractivity contribution in [3.63, 3.8) is 0 Å². The summed E-state index contributed by atoms with van der Waals surface area (Å²) in [6.07, 6.45) is 3.58. The Kier molecular flexibility index (Phi) is 7.18. The average molecular weight is 359 g/mol. The summed E-state index contributed by atoms with van der Waals surface area (Å²) in [5.74, 6) is -0.539. The van der Waals surface area contributed by atoms with Gasteiger partial charge in [-0.1, -0.05) is 30.3 Å². The number of hydrogen-bond acceptors (Lipinski definition) is 3. The molecule has 0 spiro atoms. The number of carbonyl (C=O) groups is 3. The molecule has 1 saturated heterocycles. The number of likely N-dealkylation sites (N-methyl/N-ethyl adjacent to an activating group) is 1. The van der Waals surface area contributed by atoms with E-state index in [4.69, 9.17) is 0 Å². The Bertz CT molecular complexity index is 626. The molecule has 6 heteroatoms. The van der Waals surface area contributed by atoms with Crippen LogP contribution in [-0.2, 0) is 20.8 Å². The Hall–Kier alpha value is -2.37. The summed E-state index contributed by atoms with van der Waals surface area (Å²) in [5, 5.41) is 2.81. The van der Waals surface area contributed by atoms with Gasteiger partial charge in [0.2, 0.25) is 17.7 Å². The fraction of sp³-hybridized carbons (Fsp3) is 0.550. The molecule has 1 aromatic carbocycles. The molecule has 3 amide bonds. The number of likely N-dealkylation sites (tertiary alicyclic amines) is 1. The van der Waals surface area contributed by atoms with Crippen molar-refractivity contribution in [1.82, 2.24) is 15.1 Å². The minimum atomic E-state index is -0.647. The second-order valence-electron chi connectivity index (χ2n) is 6.95. The van der Waals surface area contributed by atoms with Gasteiger partial charge in [0.05, 0.1) is 0 Å². The molecular formula is C20H29N3O3. The molecule has 1 aliphatic rings. The van der Waals surface area contributed by atoms with Gasteiger partial charge in [0.25, 0.3) is 0 Å². The first-order valence-corrected chi connectivity index (χ1v) is 9.26. The minimum Gasteiger partial charge on any atom is -0.343 e. The van der Waals surface area contributed by atoms with Crippen molar-refractivity contribution in [3.8, 4) is 0 Å². The quantitative estimate of drug-likeness (QED) is 0.839. The lowest BCUT2D eigenvalue weighted by Crippen LogP contribution is -2.54. The van der Waals surface area contributed by atoms with Crippen molar-refractivity contribution in [2.75, 3.05) is 20.1 Å². The van der Waals surface area contributed by atoms with Crippen LogP contribution in [0.25, 0.3) is 0 Å². The number of benzene rings is 1. The van der Waals surface area contributed by atoms with Crippen LogP contribution >= 0.6 is 0 Å². The second-order valence-corrected chi connectivity index (χ2v) is 6.95. The lowest BCUT2D eigenvalue weighted by atomic mass is 10.0. The molecular weight excluding hydrogens is 330 g/mol. The molecule has 2 atom stereocenters. The first-order chi connectivity index (χ1) is 12.4. The van der Waals surface area contributed by atoms with Crippen LogP contribution in [0.4, 0.5) is 0 Å². The predicted octanol–water partition coefficient (Wildman–Crippen LogP) is 1.59. The second kappa shape index (κ2) is 9.36. The normalized spacial score (nSPS) is 16.5. The first-order valence-electron chi connectivity index (χ1n) is 9.26. The van der Waals surface area contributed by atoms with E-state index in [1.807, 2.05) is 35.2 Å². The van der Waals surface area contributed by atoms with Crippen LogP contribution in [0.3, 0.4) is 0 Å². The van der Waals surface area contributed by atoms with E-state index in [1.54, 1.807) is 14.0 Å². The van der Waals surface area contributed by atoms with E-state index in [-0.39, 0.29) is 17.7 Å². The molecule has 1 fully saturated rings. The maximum atomic E-state index is 12.8. The van der Waals surface area contributed by atoms with Crippen LogP contribution in [0.15, 0.2) is 30.3 Å². The third-order valence-electron chi connectivity index (χ3n) is 4.94. The number of nitrogens with zero attached hydrogens (tertiary/aromatic N) is 2. The zero-order valence-corrected chi connectivity index (χ0v) is 15.9. The molecule has 1 aliphatic heterocycles. The fourth-order valence-corrected chi connectivity index (χ4v) is 3.22. The third-order valence-corrected chi connectivity index (χ3v) is 4.94. The standard InChI is InChI=1S/C20H29N3O3/c1-15(20(26)23-12-8-5-9-13-23)21-19(25)18(22(3)16(2)24)14-17-10-6-4-7-11-17/h4,6-7,10-11,15,18H,5,8-9,12-14H2,1-3H3,(H,21,25)/t15-,18-/m0/s1. The summed E-state index contributed by atoms with van der Waals surface area (Å²) in [4.78, 5) is 40.4. The molecule has 0 aromatic heterocycles. The highest BCUT2D eigenvalue weighted by Crippen LogP contribution is 2.12. The summed E-state index contributed by atoms with van der Waals surface area (Å²) in [5.41, 5.74) is 0.968. The van der Waals surface area contributed by atoms with Crippen molar-refractivity contribution >= 4 is 17.7 Å². The summed E-state index contributed by atoms with van der Waals surface area (Å²) >= 11 is 0. The largest absolute Gasteiger partial charge is 0.343 e. The van der Waals surface area contributed by atoms with Gasteiger partial charge >= 0.3 is 0 Å². The molecule has 142 valence electrons. The maximum Gasteiger partial charge on any atom is 0.244 e. The van der Waals surface area contributed by atoms with Crippen molar-refractivity contribution in [3.05, 3.63) is 35.9 Å². The smallest absolute Gasteiger partial charge is 0.244 e. The van der Waals surface area contributed by atoms with Crippen LogP contribution in [0.5, 0.6) is 0 Å². The monoisotopic (exact) mass is 359 g/mol. The van der Waals surface area contributed by atoms with E-state index < -0.39 is 12.1 Å². The number of piperidine rings is 1. The predicted molar refractivity (Wildman–Crippen MR) is 100 cm³/mol. The van der Waals surface area contributed by atoms with Crippen LogP contribution in [0.2, 0.25) is 0 Å². The average Bonchev–Trinajstić information content (AvgIpc) is 2.66. The SMILES string of the molecule is CC(=O)N(C)[C@@H](Cc1ccccc1)C(=O)N[C@@H](C)C(=O)N1CCCCC1. The molecule has 6 nitrogen and oxygen atoms in total. The van der Waals surface area contributed by atoms with Crippen molar-refractivity contribution in [2.45, 2.75) is 51.6 Å². The molecule has 0 aliphatic carbocycles. The lowest BCUT2D eigenvalue weighted by molar-refractivity contribution is -0.140. The van der Waals surface area contributed by atoms with E-state index >= 15 is 0 Å². The van der Waals surface area contributed by atoms with Gasteiger partial charge in [0.1, 0.15) is 12.1 Å². The number of carbonyl (C=O) groups excluding carboxylic acids is 3. The lowest BCUT2D eigenvalue weighted by Gasteiger charge is -2.31. The summed E-state index contributed by atoms with van der Waals surface area (Å²) in [6, 6.07) is 8.33. The van der Waals surface area contributed by atoms with Crippen LogP contribution in [0.1, 0.15) is 38.7 Å². The van der Waals surface area contributed by atoms with Gasteiger partial charge in [0.15, 0.2) is 0 Å². The zero-order chi connectivity index (χ0) is 19.1. The van der Waals surface area contributed by atoms with Gasteiger partial charge in [-0.3, -0.25) is 14.4 Å². The van der Waals surface area contributed by atoms with Crippen molar-refractivity contribution in [2.24, 2.45) is 0 Å². The van der Waals surface area contributed by atoms with Crippen LogP contribution in [0, 0.1) is 0 Å². The molecule has 1 N–H and O–H groups in total. The number of rotatable bonds is 6. The molecule has 0 radical (unpaired) electrons. The molecule has 26 heavy (non-hydrogen) atoms. The fourth-order valence-electron chi connectivity index (χ4n) is 3.22. The Labute approximate surface area is 155 Å². The Morgan fingerprint density at radius 3 is 2.31 bits per heavy atom. The molecule has 0 unspecified atom stereocenters. The van der Waals surface area contributed by atoms with Gasteiger partial charge < -0.3 is 15.1 Å². The van der Waals surface area contributed by atoms with Gasteiger partial charge in [-0.15, -0.1) is 0 Å². The Morgan fingerprint density at radius 1 is 1.12 bits per heavy atom. The molecule has 0 saturated carbocycles. The Morgan fingerprint density at radius 2 is 1.73 bits per heavy atom. The summed E-state index contributed by atoms with van der Waals surface area (Å²) < 4.78 is 0. The number of nitrogens with one attached hydrogen (secondary N) is 1. The van der Waals surface area contributed by atoms with E-state index in [1.165, 1.54) is 11.8 Å². The number of amides is 3. The van der Waals surface area contributed by atoms with E-state index in [9.17, 15) is 14.4 Å². The van der Waals surface area contributed by atoms with Gasteiger partial charge in [-0.05, 0) is 31.7 Å². The molecule has 0 bridgehead atoms. The van der Waals surface area contributed by atoms with Crippen molar-refractivity contribution in [1.29, 1.82) is 0 Å². The van der Waals surface area contributed by atoms with Crippen LogP contribution < -0.4 is 5.32 Å². The highest BCUT2D eigenvalue weighted by Gasteiger charge is 2.29. The molecule has 1 heterocycles. The van der Waals surface area contributed by atoms with E-state index in [2.05, 4.69) is 5.32 Å². The minimum absolute atomic E-state index is 0.0537. The molecule has 2 rings (SSSR count). The highest BCUT2D eigenvalue weighted by atomic mass is 16.2. The number of hydrogen-bond donors (Lipinski definition) is 1. The summed E-state index contributed by atoms with van der Waals surface area (Å²) in [7, 11) is 1.62. The van der Waals surface area contributed by atoms with E-state index in [0.717, 1.165) is 37.9 Å². The van der Waals surface area contributed by atoms with Crippen LogP contribution in [-0.4, -0.2) is 59.7 Å². The molecule has 1 aromatic rings. The maximum absolute atomic E-state index is 12.8. The summed E-state index contributed by atoms with van der Waals surface area (Å²) in [6.45, 7) is 4.65. The zero-order valence-electron chi connectivity index (χ0n) is 15.9.